The van der Waals surface area contributed by atoms with E-state index >= 15 is 0 Å². The molecule has 4 nitrogen and oxygen atoms in total. The maximum Gasteiger partial charge on any atom is 0.232 e. The van der Waals surface area contributed by atoms with Crippen LogP contribution in [-0.4, -0.2) is 16.8 Å². The van der Waals surface area contributed by atoms with Crippen LogP contribution in [0.5, 0.6) is 0 Å². The predicted molar refractivity (Wildman–Crippen MR) is 120 cm³/mol. The molecule has 6 heteroatoms. The molecule has 0 saturated heterocycles. The van der Waals surface area contributed by atoms with Crippen molar-refractivity contribution in [2.24, 2.45) is 0 Å². The first-order valence-electron chi connectivity index (χ1n) is 9.71. The van der Waals surface area contributed by atoms with Crippen LogP contribution >= 0.6 is 0 Å². The number of hydrogen-bond donors (Lipinski definition) is 0. The summed E-state index contributed by atoms with van der Waals surface area (Å²) >= 11 is 0. The SMILES string of the molecule is O=S(=O)(c1ccccc1)C1(S(=O)(=O)c2ccccc2)c2ccccc2-c2ccccc21. The van der Waals surface area contributed by atoms with Crippen LogP contribution in [0.4, 0.5) is 0 Å². The Bertz CT molecular complexity index is 1370. The van der Waals surface area contributed by atoms with Crippen molar-refractivity contribution in [3.63, 3.8) is 0 Å². The minimum Gasteiger partial charge on any atom is -0.221 e. The van der Waals surface area contributed by atoms with E-state index in [9.17, 15) is 16.8 Å². The minimum atomic E-state index is -4.42. The van der Waals surface area contributed by atoms with E-state index in [1.165, 1.54) is 24.3 Å². The summed E-state index contributed by atoms with van der Waals surface area (Å²) in [5.41, 5.74) is 1.72. The van der Waals surface area contributed by atoms with E-state index in [4.69, 9.17) is 0 Å². The summed E-state index contributed by atoms with van der Waals surface area (Å²) in [6.07, 6.45) is 0. The van der Waals surface area contributed by atoms with Crippen LogP contribution in [-0.2, 0) is 23.8 Å². The summed E-state index contributed by atoms with van der Waals surface area (Å²) in [7, 11) is -8.84. The Morgan fingerprint density at radius 2 is 0.742 bits per heavy atom. The summed E-state index contributed by atoms with van der Waals surface area (Å²) in [6.45, 7) is 0. The number of benzene rings is 4. The van der Waals surface area contributed by atoms with E-state index in [0.717, 1.165) is 0 Å². The lowest BCUT2D eigenvalue weighted by atomic mass is 10.1. The molecule has 0 bridgehead atoms. The van der Waals surface area contributed by atoms with Gasteiger partial charge in [0.15, 0.2) is 0 Å². The molecule has 4 aromatic carbocycles. The molecule has 1 aliphatic rings. The zero-order chi connectivity index (χ0) is 21.7. The molecule has 31 heavy (non-hydrogen) atoms. The highest BCUT2D eigenvalue weighted by Gasteiger charge is 2.63. The lowest BCUT2D eigenvalue weighted by Gasteiger charge is -2.31. The predicted octanol–water partition coefficient (Wildman–Crippen LogP) is 4.82. The smallest absolute Gasteiger partial charge is 0.221 e. The van der Waals surface area contributed by atoms with Crippen molar-refractivity contribution in [2.75, 3.05) is 0 Å². The van der Waals surface area contributed by atoms with Crippen LogP contribution in [0.25, 0.3) is 11.1 Å². The fourth-order valence-corrected chi connectivity index (χ4v) is 9.71. The first kappa shape index (κ1) is 19.7. The summed E-state index contributed by atoms with van der Waals surface area (Å²) in [4.78, 5) is -0.0815. The van der Waals surface area contributed by atoms with Crippen molar-refractivity contribution >= 4 is 19.7 Å². The molecule has 0 amide bonds. The maximum absolute atomic E-state index is 14.3. The van der Waals surface area contributed by atoms with Gasteiger partial charge in [-0.3, -0.25) is 0 Å². The Labute approximate surface area is 181 Å². The van der Waals surface area contributed by atoms with Crippen molar-refractivity contribution in [3.05, 3.63) is 120 Å². The Kier molecular flexibility index (Phi) is 4.39. The molecule has 4 aromatic rings. The van der Waals surface area contributed by atoms with Gasteiger partial charge >= 0.3 is 0 Å². The van der Waals surface area contributed by atoms with Crippen molar-refractivity contribution in [1.82, 2.24) is 0 Å². The third kappa shape index (κ3) is 2.52. The second-order valence-corrected chi connectivity index (χ2v) is 11.8. The van der Waals surface area contributed by atoms with Crippen LogP contribution in [0, 0.1) is 0 Å². The number of sulfone groups is 2. The molecule has 0 heterocycles. The lowest BCUT2D eigenvalue weighted by molar-refractivity contribution is 0.560. The first-order chi connectivity index (χ1) is 14.9. The summed E-state index contributed by atoms with van der Waals surface area (Å²) < 4.78 is 55.0. The van der Waals surface area contributed by atoms with Gasteiger partial charge in [-0.2, -0.15) is 0 Å². The van der Waals surface area contributed by atoms with Gasteiger partial charge in [-0.15, -0.1) is 0 Å². The van der Waals surface area contributed by atoms with Crippen molar-refractivity contribution < 1.29 is 16.8 Å². The van der Waals surface area contributed by atoms with E-state index in [2.05, 4.69) is 0 Å². The van der Waals surface area contributed by atoms with Gasteiger partial charge < -0.3 is 0 Å². The highest BCUT2D eigenvalue weighted by atomic mass is 32.3. The third-order valence-corrected chi connectivity index (χ3v) is 11.2. The molecule has 1 aliphatic carbocycles. The standard InChI is InChI=1S/C25H18O4S2/c26-30(27,19-11-3-1-4-12-19)25(31(28,29)20-13-5-2-6-14-20)23-17-9-7-15-21(23)22-16-8-10-18-24(22)25/h1-18H. The number of fused-ring (bicyclic) bond motifs is 3. The molecular weight excluding hydrogens is 428 g/mol. The normalized spacial score (nSPS) is 14.6. The molecule has 5 rings (SSSR count). The molecule has 0 fully saturated rings. The fraction of sp³-hybridized carbons (Fsp3) is 0.0400. The van der Waals surface area contributed by atoms with E-state index in [1.54, 1.807) is 84.9 Å². The molecule has 0 aromatic heterocycles. The summed E-state index contributed by atoms with van der Waals surface area (Å²) in [5, 5.41) is 0. The zero-order valence-corrected chi connectivity index (χ0v) is 18.0. The maximum atomic E-state index is 14.3. The highest BCUT2D eigenvalue weighted by molar-refractivity contribution is 8.10. The second-order valence-electron chi connectivity index (χ2n) is 7.34. The third-order valence-electron chi connectivity index (χ3n) is 5.72. The van der Waals surface area contributed by atoms with Crippen LogP contribution in [0.15, 0.2) is 119 Å². The summed E-state index contributed by atoms with van der Waals surface area (Å²) in [5.74, 6) is 0. The minimum absolute atomic E-state index is 0.0407. The van der Waals surface area contributed by atoms with E-state index in [-0.39, 0.29) is 20.9 Å². The topological polar surface area (TPSA) is 68.3 Å². The summed E-state index contributed by atoms with van der Waals surface area (Å²) in [6, 6.07) is 29.3. The largest absolute Gasteiger partial charge is 0.232 e. The van der Waals surface area contributed by atoms with E-state index in [0.29, 0.717) is 11.1 Å². The second kappa shape index (κ2) is 6.90. The van der Waals surface area contributed by atoms with Crippen molar-refractivity contribution in [3.8, 4) is 11.1 Å². The van der Waals surface area contributed by atoms with Gasteiger partial charge in [0.2, 0.25) is 23.8 Å². The van der Waals surface area contributed by atoms with Gasteiger partial charge in [0.1, 0.15) is 0 Å². The lowest BCUT2D eigenvalue weighted by Crippen LogP contribution is -2.43. The van der Waals surface area contributed by atoms with Crippen molar-refractivity contribution in [1.29, 1.82) is 0 Å². The van der Waals surface area contributed by atoms with Gasteiger partial charge in [0, 0.05) is 11.1 Å². The molecule has 0 saturated carbocycles. The Morgan fingerprint density at radius 1 is 0.419 bits per heavy atom. The Hall–Kier alpha value is -3.22. The molecule has 0 atom stereocenters. The van der Waals surface area contributed by atoms with Gasteiger partial charge in [-0.05, 0) is 35.4 Å². The quantitative estimate of drug-likeness (QED) is 0.451. The van der Waals surface area contributed by atoms with Crippen LogP contribution in [0.1, 0.15) is 11.1 Å². The Morgan fingerprint density at radius 3 is 1.13 bits per heavy atom. The van der Waals surface area contributed by atoms with Crippen LogP contribution in [0.2, 0.25) is 0 Å². The molecule has 0 radical (unpaired) electrons. The molecule has 0 aliphatic heterocycles. The monoisotopic (exact) mass is 446 g/mol. The van der Waals surface area contributed by atoms with Crippen LogP contribution in [0.3, 0.4) is 0 Å². The number of rotatable bonds is 4. The fourth-order valence-electron chi connectivity index (χ4n) is 4.41. The van der Waals surface area contributed by atoms with Gasteiger partial charge in [0.25, 0.3) is 0 Å². The molecule has 0 N–H and O–H groups in total. The van der Waals surface area contributed by atoms with Gasteiger partial charge in [-0.1, -0.05) is 84.9 Å². The van der Waals surface area contributed by atoms with Crippen LogP contribution < -0.4 is 0 Å². The average Bonchev–Trinajstić information content (AvgIpc) is 3.13. The molecule has 0 spiro atoms. The number of hydrogen-bond acceptors (Lipinski definition) is 4. The zero-order valence-electron chi connectivity index (χ0n) is 16.3. The van der Waals surface area contributed by atoms with Gasteiger partial charge in [-0.25, -0.2) is 16.8 Å². The van der Waals surface area contributed by atoms with E-state index in [1.807, 2.05) is 0 Å². The average molecular weight is 447 g/mol. The molecule has 154 valence electrons. The molecular formula is C25H18O4S2. The van der Waals surface area contributed by atoms with Crippen molar-refractivity contribution in [2.45, 2.75) is 13.9 Å². The molecule has 0 unspecified atom stereocenters. The first-order valence-corrected chi connectivity index (χ1v) is 12.7. The van der Waals surface area contributed by atoms with E-state index < -0.39 is 23.8 Å². The Balaban J connectivity index is 2.01. The van der Waals surface area contributed by atoms with Gasteiger partial charge in [0.05, 0.1) is 9.79 Å². The highest BCUT2D eigenvalue weighted by Crippen LogP contribution is 2.58.